The number of rotatable bonds is 0. The van der Waals surface area contributed by atoms with E-state index < -0.39 is 0 Å². The van der Waals surface area contributed by atoms with Crippen molar-refractivity contribution in [2.75, 3.05) is 0 Å². The first-order valence-electron chi connectivity index (χ1n) is 5.41. The van der Waals surface area contributed by atoms with Crippen molar-refractivity contribution in [1.82, 2.24) is 0 Å². The zero-order valence-electron chi connectivity index (χ0n) is 8.80. The molecule has 2 aliphatic carbocycles. The van der Waals surface area contributed by atoms with E-state index in [9.17, 15) is 9.59 Å². The molecule has 2 unspecified atom stereocenters. The van der Waals surface area contributed by atoms with E-state index in [0.717, 1.165) is 24.0 Å². The molecular weight excluding hydrogens is 176 g/mol. The van der Waals surface area contributed by atoms with Gasteiger partial charge in [0.05, 0.1) is 0 Å². The summed E-state index contributed by atoms with van der Waals surface area (Å²) in [6, 6.07) is 0. The van der Waals surface area contributed by atoms with Gasteiger partial charge in [-0.1, -0.05) is 13.8 Å². The number of hydrogen-bond acceptors (Lipinski definition) is 2. The van der Waals surface area contributed by atoms with E-state index in [0.29, 0.717) is 24.7 Å². The molecule has 0 N–H and O–H groups in total. The quantitative estimate of drug-likeness (QED) is 0.590. The largest absolute Gasteiger partial charge is 0.295 e. The lowest BCUT2D eigenvalue weighted by molar-refractivity contribution is -0.121. The Morgan fingerprint density at radius 3 is 1.57 bits per heavy atom. The molecule has 76 valence electrons. The van der Waals surface area contributed by atoms with Gasteiger partial charge in [0.15, 0.2) is 11.6 Å². The summed E-state index contributed by atoms with van der Waals surface area (Å²) in [6.07, 6.45) is 2.99. The average molecular weight is 192 g/mol. The molecule has 14 heavy (non-hydrogen) atoms. The van der Waals surface area contributed by atoms with Gasteiger partial charge in [0.2, 0.25) is 0 Å². The molecule has 0 fully saturated rings. The Hall–Kier alpha value is -0.920. The number of Topliss-reactive ketones (excluding diaryl/α,β-unsaturated/α-hetero) is 2. The van der Waals surface area contributed by atoms with Crippen LogP contribution in [-0.4, -0.2) is 11.6 Å². The molecule has 0 spiro atoms. The van der Waals surface area contributed by atoms with Gasteiger partial charge in [-0.25, -0.2) is 0 Å². The Balaban J connectivity index is 2.51. The van der Waals surface area contributed by atoms with E-state index in [1.54, 1.807) is 0 Å². The highest BCUT2D eigenvalue weighted by molar-refractivity contribution is 6.09. The zero-order chi connectivity index (χ0) is 10.3. The van der Waals surface area contributed by atoms with Gasteiger partial charge >= 0.3 is 0 Å². The lowest BCUT2D eigenvalue weighted by Crippen LogP contribution is -2.30. The Labute approximate surface area is 84.4 Å². The summed E-state index contributed by atoms with van der Waals surface area (Å²) in [4.78, 5) is 23.4. The standard InChI is InChI=1S/C12H16O2/c1-7-3-5-10(14)12-8(2)4-6-9(13)11(7)12/h7-8H,3-6H2,1-2H3. The Morgan fingerprint density at radius 1 is 0.857 bits per heavy atom. The summed E-state index contributed by atoms with van der Waals surface area (Å²) in [6.45, 7) is 4.13. The van der Waals surface area contributed by atoms with Crippen LogP contribution in [0.2, 0.25) is 0 Å². The maximum absolute atomic E-state index is 11.7. The minimum Gasteiger partial charge on any atom is -0.295 e. The second-order valence-electron chi connectivity index (χ2n) is 4.55. The van der Waals surface area contributed by atoms with Crippen LogP contribution in [0.15, 0.2) is 11.1 Å². The molecular formula is C12H16O2. The first kappa shape index (κ1) is 9.63. The minimum absolute atomic E-state index is 0.221. The van der Waals surface area contributed by atoms with Crippen molar-refractivity contribution in [3.8, 4) is 0 Å². The van der Waals surface area contributed by atoms with Gasteiger partial charge in [-0.15, -0.1) is 0 Å². The first-order valence-corrected chi connectivity index (χ1v) is 5.41. The van der Waals surface area contributed by atoms with E-state index in [2.05, 4.69) is 13.8 Å². The molecule has 0 saturated heterocycles. The van der Waals surface area contributed by atoms with Crippen molar-refractivity contribution in [3.05, 3.63) is 11.1 Å². The molecule has 2 nitrogen and oxygen atoms in total. The third-order valence-electron chi connectivity index (χ3n) is 3.49. The molecule has 2 rings (SSSR count). The molecule has 0 saturated carbocycles. The van der Waals surface area contributed by atoms with Crippen LogP contribution >= 0.6 is 0 Å². The summed E-state index contributed by atoms with van der Waals surface area (Å²) >= 11 is 0. The molecule has 2 aliphatic rings. The zero-order valence-corrected chi connectivity index (χ0v) is 8.80. The van der Waals surface area contributed by atoms with Crippen LogP contribution in [0, 0.1) is 11.8 Å². The minimum atomic E-state index is 0.221. The molecule has 0 amide bonds. The third-order valence-corrected chi connectivity index (χ3v) is 3.49. The lowest BCUT2D eigenvalue weighted by Gasteiger charge is -2.31. The van der Waals surface area contributed by atoms with Crippen molar-refractivity contribution in [2.24, 2.45) is 11.8 Å². The van der Waals surface area contributed by atoms with Crippen molar-refractivity contribution in [1.29, 1.82) is 0 Å². The lowest BCUT2D eigenvalue weighted by atomic mass is 9.71. The van der Waals surface area contributed by atoms with Crippen LogP contribution in [-0.2, 0) is 9.59 Å². The molecule has 2 atom stereocenters. The van der Waals surface area contributed by atoms with E-state index in [4.69, 9.17) is 0 Å². The summed E-state index contributed by atoms with van der Waals surface area (Å²) in [5.41, 5.74) is 1.72. The topological polar surface area (TPSA) is 34.1 Å². The van der Waals surface area contributed by atoms with Crippen molar-refractivity contribution >= 4 is 11.6 Å². The van der Waals surface area contributed by atoms with Crippen LogP contribution < -0.4 is 0 Å². The van der Waals surface area contributed by atoms with Crippen LogP contribution in [0.4, 0.5) is 0 Å². The van der Waals surface area contributed by atoms with Gasteiger partial charge in [0.1, 0.15) is 0 Å². The van der Waals surface area contributed by atoms with E-state index in [1.165, 1.54) is 0 Å². The highest BCUT2D eigenvalue weighted by atomic mass is 16.1. The maximum Gasteiger partial charge on any atom is 0.159 e. The van der Waals surface area contributed by atoms with Crippen LogP contribution in [0.1, 0.15) is 39.5 Å². The van der Waals surface area contributed by atoms with Crippen molar-refractivity contribution < 1.29 is 9.59 Å². The van der Waals surface area contributed by atoms with E-state index in [1.807, 2.05) is 0 Å². The number of allylic oxidation sites excluding steroid dienone is 2. The first-order chi connectivity index (χ1) is 6.61. The molecule has 0 radical (unpaired) electrons. The fraction of sp³-hybridized carbons (Fsp3) is 0.667. The predicted molar refractivity (Wildman–Crippen MR) is 53.8 cm³/mol. The van der Waals surface area contributed by atoms with E-state index >= 15 is 0 Å². The molecule has 0 heterocycles. The highest BCUT2D eigenvalue weighted by Crippen LogP contribution is 2.38. The number of ketones is 2. The Morgan fingerprint density at radius 2 is 1.21 bits per heavy atom. The van der Waals surface area contributed by atoms with Gasteiger partial charge in [-0.3, -0.25) is 9.59 Å². The van der Waals surface area contributed by atoms with Gasteiger partial charge in [-0.2, -0.15) is 0 Å². The summed E-state index contributed by atoms with van der Waals surface area (Å²) in [5, 5.41) is 0. The summed E-state index contributed by atoms with van der Waals surface area (Å²) in [5.74, 6) is 1.05. The Bertz CT molecular complexity index is 293. The van der Waals surface area contributed by atoms with Crippen LogP contribution in [0.3, 0.4) is 0 Å². The normalized spacial score (nSPS) is 33.3. The molecule has 0 aromatic carbocycles. The molecule has 0 aromatic heterocycles. The fourth-order valence-electron chi connectivity index (χ4n) is 2.63. The van der Waals surface area contributed by atoms with Crippen molar-refractivity contribution in [2.45, 2.75) is 39.5 Å². The monoisotopic (exact) mass is 192 g/mol. The Kier molecular flexibility index (Phi) is 2.30. The van der Waals surface area contributed by atoms with Gasteiger partial charge in [-0.05, 0) is 24.7 Å². The van der Waals surface area contributed by atoms with Gasteiger partial charge in [0, 0.05) is 24.0 Å². The number of hydrogen-bond donors (Lipinski definition) is 0. The summed E-state index contributed by atoms with van der Waals surface area (Å²) in [7, 11) is 0. The van der Waals surface area contributed by atoms with Gasteiger partial charge in [0.25, 0.3) is 0 Å². The smallest absolute Gasteiger partial charge is 0.159 e. The predicted octanol–water partition coefficient (Wildman–Crippen LogP) is 2.28. The third kappa shape index (κ3) is 1.33. The van der Waals surface area contributed by atoms with Gasteiger partial charge < -0.3 is 0 Å². The molecule has 0 aromatic rings. The van der Waals surface area contributed by atoms with Crippen LogP contribution in [0.5, 0.6) is 0 Å². The molecule has 2 heteroatoms. The van der Waals surface area contributed by atoms with E-state index in [-0.39, 0.29) is 11.6 Å². The highest BCUT2D eigenvalue weighted by Gasteiger charge is 2.35. The second-order valence-corrected chi connectivity index (χ2v) is 4.55. The van der Waals surface area contributed by atoms with Crippen molar-refractivity contribution in [3.63, 3.8) is 0 Å². The fourth-order valence-corrected chi connectivity index (χ4v) is 2.63. The summed E-state index contributed by atoms with van der Waals surface area (Å²) < 4.78 is 0. The molecule has 0 aliphatic heterocycles. The molecule has 0 bridgehead atoms. The number of carbonyl (C=O) groups excluding carboxylic acids is 2. The van der Waals surface area contributed by atoms with Crippen LogP contribution in [0.25, 0.3) is 0 Å². The second kappa shape index (κ2) is 3.34. The maximum atomic E-state index is 11.7. The average Bonchev–Trinajstić information content (AvgIpc) is 2.16. The SMILES string of the molecule is CC1CCC(=O)C2=C1C(=O)CCC2C. The number of carbonyl (C=O) groups is 2.